The van der Waals surface area contributed by atoms with Crippen molar-refractivity contribution in [3.63, 3.8) is 0 Å². The average molecular weight is 255 g/mol. The summed E-state index contributed by atoms with van der Waals surface area (Å²) in [5.74, 6) is 0.650. The lowest BCUT2D eigenvalue weighted by Crippen LogP contribution is -2.46. The van der Waals surface area contributed by atoms with E-state index in [4.69, 9.17) is 0 Å². The maximum Gasteiger partial charge on any atom is 0.317 e. The minimum absolute atomic E-state index is 0.120. The molecule has 0 radical (unpaired) electrons. The fourth-order valence-electron chi connectivity index (χ4n) is 2.55. The monoisotopic (exact) mass is 255 g/mol. The van der Waals surface area contributed by atoms with Gasteiger partial charge in [-0.05, 0) is 38.3 Å². The molecule has 4 heteroatoms. The van der Waals surface area contributed by atoms with E-state index in [-0.39, 0.29) is 6.03 Å². The summed E-state index contributed by atoms with van der Waals surface area (Å²) in [6.07, 6.45) is 3.57. The number of rotatable bonds is 6. The number of piperidine rings is 1. The number of urea groups is 1. The number of hydrogen-bond acceptors (Lipinski definition) is 2. The van der Waals surface area contributed by atoms with Crippen molar-refractivity contribution < 1.29 is 4.79 Å². The molecular weight excluding hydrogens is 226 g/mol. The predicted octanol–water partition coefficient (Wildman–Crippen LogP) is 2.16. The number of carbonyl (C=O) groups excluding carboxylic acids is 1. The second kappa shape index (κ2) is 8.35. The summed E-state index contributed by atoms with van der Waals surface area (Å²) in [4.78, 5) is 16.3. The molecule has 1 fully saturated rings. The molecule has 0 aliphatic carbocycles. The smallest absolute Gasteiger partial charge is 0.317 e. The first-order valence-corrected chi connectivity index (χ1v) is 7.42. The Morgan fingerprint density at radius 2 is 2.17 bits per heavy atom. The normalized spacial score (nSPS) is 20.2. The van der Waals surface area contributed by atoms with E-state index in [0.29, 0.717) is 5.92 Å². The van der Waals surface area contributed by atoms with Crippen LogP contribution < -0.4 is 5.32 Å². The Kier molecular flexibility index (Phi) is 7.09. The Bertz CT molecular complexity index is 245. The van der Waals surface area contributed by atoms with Gasteiger partial charge in [-0.2, -0.15) is 0 Å². The zero-order valence-corrected chi connectivity index (χ0v) is 12.2. The van der Waals surface area contributed by atoms with Crippen LogP contribution in [0.3, 0.4) is 0 Å². The SMILES string of the molecule is CCCN(CC)CCNC(=O)N1CCCC(C)C1. The minimum Gasteiger partial charge on any atom is -0.337 e. The Balaban J connectivity index is 2.19. The molecule has 1 aliphatic heterocycles. The van der Waals surface area contributed by atoms with Crippen LogP contribution in [0.2, 0.25) is 0 Å². The molecule has 0 aromatic rings. The van der Waals surface area contributed by atoms with Gasteiger partial charge < -0.3 is 15.1 Å². The van der Waals surface area contributed by atoms with Gasteiger partial charge in [-0.3, -0.25) is 0 Å². The van der Waals surface area contributed by atoms with Crippen molar-refractivity contribution in [3.8, 4) is 0 Å². The lowest BCUT2D eigenvalue weighted by atomic mass is 10.0. The van der Waals surface area contributed by atoms with E-state index in [9.17, 15) is 4.79 Å². The van der Waals surface area contributed by atoms with Crippen LogP contribution in [0, 0.1) is 5.92 Å². The fourth-order valence-corrected chi connectivity index (χ4v) is 2.55. The summed E-state index contributed by atoms with van der Waals surface area (Å²) in [6, 6.07) is 0.120. The van der Waals surface area contributed by atoms with Gasteiger partial charge in [0.25, 0.3) is 0 Å². The highest BCUT2D eigenvalue weighted by atomic mass is 16.2. The van der Waals surface area contributed by atoms with Gasteiger partial charge >= 0.3 is 6.03 Å². The van der Waals surface area contributed by atoms with E-state index >= 15 is 0 Å². The topological polar surface area (TPSA) is 35.6 Å². The van der Waals surface area contributed by atoms with Gasteiger partial charge in [-0.1, -0.05) is 20.8 Å². The maximum absolute atomic E-state index is 12.0. The summed E-state index contributed by atoms with van der Waals surface area (Å²) in [6.45, 7) is 12.3. The van der Waals surface area contributed by atoms with Gasteiger partial charge in [-0.25, -0.2) is 4.79 Å². The zero-order valence-electron chi connectivity index (χ0n) is 12.2. The van der Waals surface area contributed by atoms with Gasteiger partial charge in [0.05, 0.1) is 0 Å². The molecule has 1 atom stereocenters. The van der Waals surface area contributed by atoms with Crippen molar-refractivity contribution >= 4 is 6.03 Å². The third kappa shape index (κ3) is 5.25. The lowest BCUT2D eigenvalue weighted by molar-refractivity contribution is 0.168. The van der Waals surface area contributed by atoms with Crippen molar-refractivity contribution in [1.82, 2.24) is 15.1 Å². The number of likely N-dealkylation sites (tertiary alicyclic amines) is 1. The molecule has 1 heterocycles. The number of nitrogens with one attached hydrogen (secondary N) is 1. The van der Waals surface area contributed by atoms with Gasteiger partial charge in [0.2, 0.25) is 0 Å². The lowest BCUT2D eigenvalue weighted by Gasteiger charge is -2.31. The number of likely N-dealkylation sites (N-methyl/N-ethyl adjacent to an activating group) is 1. The molecule has 0 bridgehead atoms. The summed E-state index contributed by atoms with van der Waals surface area (Å²) in [7, 11) is 0. The van der Waals surface area contributed by atoms with E-state index in [0.717, 1.165) is 45.7 Å². The summed E-state index contributed by atoms with van der Waals surface area (Å²) in [5, 5.41) is 3.04. The van der Waals surface area contributed by atoms with Crippen LogP contribution in [-0.4, -0.2) is 55.1 Å². The quantitative estimate of drug-likeness (QED) is 0.789. The molecule has 0 saturated carbocycles. The van der Waals surface area contributed by atoms with Gasteiger partial charge in [0, 0.05) is 26.2 Å². The molecule has 18 heavy (non-hydrogen) atoms. The summed E-state index contributed by atoms with van der Waals surface area (Å²) >= 11 is 0. The molecule has 2 amide bonds. The van der Waals surface area contributed by atoms with E-state index in [1.54, 1.807) is 0 Å². The van der Waals surface area contributed by atoms with Crippen LogP contribution in [0.5, 0.6) is 0 Å². The Hall–Kier alpha value is -0.770. The van der Waals surface area contributed by atoms with E-state index in [1.807, 2.05) is 4.90 Å². The molecule has 1 aliphatic rings. The third-order valence-electron chi connectivity index (χ3n) is 3.64. The predicted molar refractivity (Wildman–Crippen MR) is 75.8 cm³/mol. The average Bonchev–Trinajstić information content (AvgIpc) is 2.37. The maximum atomic E-state index is 12.0. The molecule has 0 spiro atoms. The minimum atomic E-state index is 0.120. The Morgan fingerprint density at radius 3 is 2.78 bits per heavy atom. The fraction of sp³-hybridized carbons (Fsp3) is 0.929. The second-order valence-electron chi connectivity index (χ2n) is 5.36. The first-order chi connectivity index (χ1) is 8.67. The largest absolute Gasteiger partial charge is 0.337 e. The van der Waals surface area contributed by atoms with Gasteiger partial charge in [0.1, 0.15) is 0 Å². The highest BCUT2D eigenvalue weighted by molar-refractivity contribution is 5.74. The Labute approximate surface area is 112 Å². The van der Waals surface area contributed by atoms with Crippen LogP contribution in [-0.2, 0) is 0 Å². The Morgan fingerprint density at radius 1 is 1.39 bits per heavy atom. The molecule has 1 unspecified atom stereocenters. The number of carbonyl (C=O) groups is 1. The highest BCUT2D eigenvalue weighted by Crippen LogP contribution is 2.14. The number of hydrogen-bond donors (Lipinski definition) is 1. The molecule has 106 valence electrons. The van der Waals surface area contributed by atoms with Crippen molar-refractivity contribution in [2.45, 2.75) is 40.0 Å². The molecule has 0 aromatic carbocycles. The van der Waals surface area contributed by atoms with Gasteiger partial charge in [-0.15, -0.1) is 0 Å². The number of nitrogens with zero attached hydrogens (tertiary/aromatic N) is 2. The molecule has 0 aromatic heterocycles. The highest BCUT2D eigenvalue weighted by Gasteiger charge is 2.20. The molecule has 4 nitrogen and oxygen atoms in total. The van der Waals surface area contributed by atoms with Crippen LogP contribution in [0.25, 0.3) is 0 Å². The van der Waals surface area contributed by atoms with Crippen molar-refractivity contribution in [1.29, 1.82) is 0 Å². The molecular formula is C14H29N3O. The standard InChI is InChI=1S/C14H29N3O/c1-4-9-16(5-2)11-8-15-14(18)17-10-6-7-13(3)12-17/h13H,4-12H2,1-3H3,(H,15,18). The van der Waals surface area contributed by atoms with E-state index in [2.05, 4.69) is 31.0 Å². The summed E-state index contributed by atoms with van der Waals surface area (Å²) in [5.41, 5.74) is 0. The van der Waals surface area contributed by atoms with E-state index in [1.165, 1.54) is 12.8 Å². The van der Waals surface area contributed by atoms with Crippen molar-refractivity contribution in [2.24, 2.45) is 5.92 Å². The van der Waals surface area contributed by atoms with Crippen LogP contribution >= 0.6 is 0 Å². The first-order valence-electron chi connectivity index (χ1n) is 7.42. The van der Waals surface area contributed by atoms with Crippen LogP contribution in [0.4, 0.5) is 4.79 Å². The number of amides is 2. The van der Waals surface area contributed by atoms with Crippen LogP contribution in [0.1, 0.15) is 40.0 Å². The molecule has 1 saturated heterocycles. The summed E-state index contributed by atoms with van der Waals surface area (Å²) < 4.78 is 0. The second-order valence-corrected chi connectivity index (χ2v) is 5.36. The van der Waals surface area contributed by atoms with Crippen molar-refractivity contribution in [3.05, 3.63) is 0 Å². The van der Waals surface area contributed by atoms with Crippen LogP contribution in [0.15, 0.2) is 0 Å². The van der Waals surface area contributed by atoms with Crippen molar-refractivity contribution in [2.75, 3.05) is 39.3 Å². The van der Waals surface area contributed by atoms with Gasteiger partial charge in [0.15, 0.2) is 0 Å². The third-order valence-corrected chi connectivity index (χ3v) is 3.64. The molecule has 1 rings (SSSR count). The zero-order chi connectivity index (χ0) is 13.4. The van der Waals surface area contributed by atoms with E-state index < -0.39 is 0 Å². The molecule has 1 N–H and O–H groups in total. The first kappa shape index (κ1) is 15.3.